The predicted molar refractivity (Wildman–Crippen MR) is 68.0 cm³/mol. The second-order valence-corrected chi connectivity index (χ2v) is 4.93. The normalized spacial score (nSPS) is 19.2. The van der Waals surface area contributed by atoms with Gasteiger partial charge in [0.2, 0.25) is 0 Å². The second kappa shape index (κ2) is 6.22. The van der Waals surface area contributed by atoms with Gasteiger partial charge in [-0.3, -0.25) is 0 Å². The van der Waals surface area contributed by atoms with Gasteiger partial charge in [-0.1, -0.05) is 6.92 Å². The first-order chi connectivity index (χ1) is 8.35. The first kappa shape index (κ1) is 12.7. The van der Waals surface area contributed by atoms with Crippen LogP contribution in [0, 0.1) is 5.92 Å². The van der Waals surface area contributed by atoms with E-state index in [0.29, 0.717) is 12.1 Å². The van der Waals surface area contributed by atoms with Gasteiger partial charge in [-0.25, -0.2) is 0 Å². The molecule has 96 valence electrons. The molecule has 0 spiro atoms. The maximum Gasteiger partial charge on any atom is 0.0935 e. The van der Waals surface area contributed by atoms with E-state index in [4.69, 9.17) is 9.15 Å². The zero-order valence-electron chi connectivity index (χ0n) is 10.8. The molecule has 3 nitrogen and oxygen atoms in total. The van der Waals surface area contributed by atoms with Crippen LogP contribution in [0.25, 0.3) is 0 Å². The van der Waals surface area contributed by atoms with E-state index in [-0.39, 0.29) is 0 Å². The summed E-state index contributed by atoms with van der Waals surface area (Å²) in [7, 11) is 1.83. The Labute approximate surface area is 104 Å². The summed E-state index contributed by atoms with van der Waals surface area (Å²) in [6.07, 6.45) is 8.69. The van der Waals surface area contributed by atoms with Crippen LogP contribution >= 0.6 is 0 Å². The minimum atomic E-state index is 0.344. The molecule has 1 aromatic heterocycles. The van der Waals surface area contributed by atoms with Crippen LogP contribution in [0.5, 0.6) is 0 Å². The highest BCUT2D eigenvalue weighted by Gasteiger charge is 2.36. The van der Waals surface area contributed by atoms with Crippen LogP contribution in [0.15, 0.2) is 23.0 Å². The average molecular weight is 237 g/mol. The van der Waals surface area contributed by atoms with Gasteiger partial charge in [0.1, 0.15) is 0 Å². The van der Waals surface area contributed by atoms with Gasteiger partial charge in [-0.2, -0.15) is 0 Å². The first-order valence-electron chi connectivity index (χ1n) is 6.62. The largest absolute Gasteiger partial charge is 0.472 e. The second-order valence-electron chi connectivity index (χ2n) is 4.93. The van der Waals surface area contributed by atoms with Gasteiger partial charge in [-0.15, -0.1) is 0 Å². The molecular formula is C14H23NO2. The number of methoxy groups -OCH3 is 1. The van der Waals surface area contributed by atoms with Gasteiger partial charge in [0.25, 0.3) is 0 Å². The summed E-state index contributed by atoms with van der Waals surface area (Å²) < 4.78 is 10.8. The molecule has 1 saturated carbocycles. The Bertz CT molecular complexity index is 306. The van der Waals surface area contributed by atoms with Gasteiger partial charge < -0.3 is 14.5 Å². The maximum absolute atomic E-state index is 5.69. The molecule has 1 heterocycles. The molecule has 0 aliphatic heterocycles. The molecule has 0 aromatic carbocycles. The lowest BCUT2D eigenvalue weighted by atomic mass is 9.99. The number of ether oxygens (including phenoxy) is 1. The molecule has 1 aliphatic rings. The van der Waals surface area contributed by atoms with E-state index in [0.717, 1.165) is 25.3 Å². The van der Waals surface area contributed by atoms with Crippen LogP contribution < -0.4 is 5.32 Å². The summed E-state index contributed by atoms with van der Waals surface area (Å²) in [5, 5.41) is 3.61. The number of hydrogen-bond acceptors (Lipinski definition) is 3. The van der Waals surface area contributed by atoms with Crippen LogP contribution in [0.2, 0.25) is 0 Å². The van der Waals surface area contributed by atoms with Gasteiger partial charge in [0.05, 0.1) is 18.6 Å². The van der Waals surface area contributed by atoms with Crippen LogP contribution in [0.3, 0.4) is 0 Å². The molecule has 0 bridgehead atoms. The summed E-state index contributed by atoms with van der Waals surface area (Å²) >= 11 is 0. The first-order valence-corrected chi connectivity index (χ1v) is 6.62. The van der Waals surface area contributed by atoms with Crippen molar-refractivity contribution in [3.8, 4) is 0 Å². The molecular weight excluding hydrogens is 214 g/mol. The minimum absolute atomic E-state index is 0.344. The Morgan fingerprint density at radius 2 is 2.35 bits per heavy atom. The highest BCUT2D eigenvalue weighted by Crippen LogP contribution is 2.36. The Hall–Kier alpha value is -0.800. The van der Waals surface area contributed by atoms with E-state index in [1.807, 2.05) is 19.4 Å². The van der Waals surface area contributed by atoms with E-state index in [9.17, 15) is 0 Å². The topological polar surface area (TPSA) is 34.4 Å². The van der Waals surface area contributed by atoms with E-state index < -0.39 is 0 Å². The van der Waals surface area contributed by atoms with Crippen LogP contribution in [-0.4, -0.2) is 25.8 Å². The quantitative estimate of drug-likeness (QED) is 0.754. The Kier molecular flexibility index (Phi) is 4.63. The zero-order chi connectivity index (χ0) is 12.1. The average Bonchev–Trinajstić information content (AvgIpc) is 3.04. The summed E-state index contributed by atoms with van der Waals surface area (Å²) in [6, 6.07) is 2.45. The van der Waals surface area contributed by atoms with Gasteiger partial charge in [0, 0.05) is 13.2 Å². The molecule has 0 saturated heterocycles. The third-order valence-corrected chi connectivity index (χ3v) is 3.45. The highest BCUT2D eigenvalue weighted by molar-refractivity contribution is 5.09. The van der Waals surface area contributed by atoms with Crippen LogP contribution in [0.1, 0.15) is 31.7 Å². The van der Waals surface area contributed by atoms with E-state index >= 15 is 0 Å². The van der Waals surface area contributed by atoms with E-state index in [1.54, 1.807) is 6.26 Å². The van der Waals surface area contributed by atoms with Crippen molar-refractivity contribution >= 4 is 0 Å². The van der Waals surface area contributed by atoms with Crippen LogP contribution in [0.4, 0.5) is 0 Å². The van der Waals surface area contributed by atoms with Crippen molar-refractivity contribution in [2.24, 2.45) is 5.92 Å². The van der Waals surface area contributed by atoms with Gasteiger partial charge in [0.15, 0.2) is 0 Å². The molecule has 2 atom stereocenters. The number of rotatable bonds is 8. The van der Waals surface area contributed by atoms with Gasteiger partial charge in [-0.05, 0) is 49.8 Å². The Morgan fingerprint density at radius 1 is 1.53 bits per heavy atom. The monoisotopic (exact) mass is 237 g/mol. The SMILES string of the molecule is CCCNC(Cc1ccoc1)C(OC)C1CC1. The molecule has 1 aromatic rings. The molecule has 1 N–H and O–H groups in total. The van der Waals surface area contributed by atoms with Crippen molar-refractivity contribution in [2.75, 3.05) is 13.7 Å². The van der Waals surface area contributed by atoms with Crippen molar-refractivity contribution in [1.82, 2.24) is 5.32 Å². The summed E-state index contributed by atoms with van der Waals surface area (Å²) in [4.78, 5) is 0. The smallest absolute Gasteiger partial charge is 0.0935 e. The molecule has 0 amide bonds. The lowest BCUT2D eigenvalue weighted by Gasteiger charge is -2.26. The molecule has 1 aliphatic carbocycles. The van der Waals surface area contributed by atoms with Crippen molar-refractivity contribution in [3.63, 3.8) is 0 Å². The third-order valence-electron chi connectivity index (χ3n) is 3.45. The van der Waals surface area contributed by atoms with Gasteiger partial charge >= 0.3 is 0 Å². The molecule has 2 rings (SSSR count). The fourth-order valence-electron chi connectivity index (χ4n) is 2.41. The van der Waals surface area contributed by atoms with E-state index in [2.05, 4.69) is 12.2 Å². The number of hydrogen-bond donors (Lipinski definition) is 1. The summed E-state index contributed by atoms with van der Waals surface area (Å²) in [5.41, 5.74) is 1.25. The molecule has 1 fully saturated rings. The third kappa shape index (κ3) is 3.58. The van der Waals surface area contributed by atoms with Crippen molar-refractivity contribution in [2.45, 2.75) is 44.8 Å². The van der Waals surface area contributed by atoms with Crippen LogP contribution in [-0.2, 0) is 11.2 Å². The lowest BCUT2D eigenvalue weighted by Crippen LogP contribution is -2.44. The fourth-order valence-corrected chi connectivity index (χ4v) is 2.41. The zero-order valence-corrected chi connectivity index (χ0v) is 10.8. The molecule has 17 heavy (non-hydrogen) atoms. The number of nitrogens with one attached hydrogen (secondary N) is 1. The Balaban J connectivity index is 1.95. The summed E-state index contributed by atoms with van der Waals surface area (Å²) in [6.45, 7) is 3.25. The number of furan rings is 1. The fraction of sp³-hybridized carbons (Fsp3) is 0.714. The molecule has 3 heteroatoms. The predicted octanol–water partition coefficient (Wildman–Crippen LogP) is 2.62. The minimum Gasteiger partial charge on any atom is -0.472 e. The van der Waals surface area contributed by atoms with E-state index in [1.165, 1.54) is 18.4 Å². The Morgan fingerprint density at radius 3 is 2.88 bits per heavy atom. The van der Waals surface area contributed by atoms with Crippen molar-refractivity contribution < 1.29 is 9.15 Å². The molecule has 0 radical (unpaired) electrons. The van der Waals surface area contributed by atoms with Crippen molar-refractivity contribution in [1.29, 1.82) is 0 Å². The van der Waals surface area contributed by atoms with Crippen molar-refractivity contribution in [3.05, 3.63) is 24.2 Å². The highest BCUT2D eigenvalue weighted by atomic mass is 16.5. The lowest BCUT2D eigenvalue weighted by molar-refractivity contribution is 0.0511. The molecule has 2 unspecified atom stereocenters. The summed E-state index contributed by atoms with van der Waals surface area (Å²) in [5.74, 6) is 0.751. The standard InChI is InChI=1S/C14H23NO2/c1-3-7-15-13(9-11-6-8-17-10-11)14(16-2)12-4-5-12/h6,8,10,12-15H,3-5,7,9H2,1-2H3. The maximum atomic E-state index is 5.69.